The quantitative estimate of drug-likeness (QED) is 0.274. The van der Waals surface area contributed by atoms with Crippen LogP contribution in [0.1, 0.15) is 5.56 Å². The summed E-state index contributed by atoms with van der Waals surface area (Å²) in [5.74, 6) is 0.956. The van der Waals surface area contributed by atoms with Crippen molar-refractivity contribution in [2.75, 3.05) is 5.75 Å². The van der Waals surface area contributed by atoms with Gasteiger partial charge in [-0.05, 0) is 43.7 Å². The summed E-state index contributed by atoms with van der Waals surface area (Å²) in [6, 6.07) is 16.4. The van der Waals surface area contributed by atoms with E-state index in [1.54, 1.807) is 42.8 Å². The van der Waals surface area contributed by atoms with Gasteiger partial charge >= 0.3 is 0 Å². The van der Waals surface area contributed by atoms with Crippen LogP contribution in [0.5, 0.6) is 0 Å². The van der Waals surface area contributed by atoms with Crippen LogP contribution in [0.4, 0.5) is 0 Å². The van der Waals surface area contributed by atoms with Crippen LogP contribution in [0.15, 0.2) is 71.3 Å². The zero-order valence-corrected chi connectivity index (χ0v) is 15.4. The summed E-state index contributed by atoms with van der Waals surface area (Å²) in [4.78, 5) is 10.1. The first kappa shape index (κ1) is 16.6. The van der Waals surface area contributed by atoms with Gasteiger partial charge in [-0.15, -0.1) is 11.3 Å². The van der Waals surface area contributed by atoms with Gasteiger partial charge in [0.25, 0.3) is 0 Å². The lowest BCUT2D eigenvalue weighted by Gasteiger charge is -2.00. The highest BCUT2D eigenvalue weighted by atomic mass is 33.5. The Kier molecular flexibility index (Phi) is 6.64. The van der Waals surface area contributed by atoms with Gasteiger partial charge in [0.15, 0.2) is 5.16 Å². The molecule has 23 heavy (non-hydrogen) atoms. The molecule has 0 unspecified atom stereocenters. The van der Waals surface area contributed by atoms with Crippen molar-refractivity contribution in [1.29, 1.82) is 0 Å². The first-order chi connectivity index (χ1) is 11.4. The fraction of sp³-hybridized carbons (Fsp3) is 0.0588. The molecular weight excluding hydrogens is 360 g/mol. The molecule has 2 aromatic heterocycles. The van der Waals surface area contributed by atoms with Crippen molar-refractivity contribution < 1.29 is 0 Å². The summed E-state index contributed by atoms with van der Waals surface area (Å²) in [6.07, 6.45) is 6.15. The molecule has 0 radical (unpaired) electrons. The molecule has 0 fully saturated rings. The van der Waals surface area contributed by atoms with Crippen molar-refractivity contribution in [2.24, 2.45) is 0 Å². The minimum atomic E-state index is 0.806. The normalized spacial score (nSPS) is 11.1. The van der Waals surface area contributed by atoms with Gasteiger partial charge in [0.1, 0.15) is 0 Å². The molecule has 0 saturated heterocycles. The molecule has 116 valence electrons. The van der Waals surface area contributed by atoms with E-state index in [2.05, 4.69) is 57.8 Å². The topological polar surface area (TPSA) is 25.8 Å². The fourth-order valence-electron chi connectivity index (χ4n) is 1.81. The molecule has 0 bridgehead atoms. The summed E-state index contributed by atoms with van der Waals surface area (Å²) in [6.45, 7) is 0. The highest BCUT2D eigenvalue weighted by Gasteiger charge is 2.04. The van der Waals surface area contributed by atoms with Crippen LogP contribution in [0, 0.1) is 0 Å². The average Bonchev–Trinajstić information content (AvgIpc) is 3.14. The molecule has 0 atom stereocenters. The largest absolute Gasteiger partial charge is 0.230 e. The second-order valence-corrected chi connectivity index (χ2v) is 9.48. The minimum absolute atomic E-state index is 0.806. The maximum absolute atomic E-state index is 4.59. The van der Waals surface area contributed by atoms with Crippen LogP contribution in [0.3, 0.4) is 0 Å². The Hall–Kier alpha value is -1.21. The molecule has 0 N–H and O–H groups in total. The van der Waals surface area contributed by atoms with Gasteiger partial charge in [0, 0.05) is 11.9 Å². The Labute approximate surface area is 151 Å². The van der Waals surface area contributed by atoms with E-state index in [9.17, 15) is 0 Å². The van der Waals surface area contributed by atoms with Gasteiger partial charge in [-0.1, -0.05) is 59.3 Å². The number of hydrogen-bond acceptors (Lipinski definition) is 6. The lowest BCUT2D eigenvalue weighted by Crippen LogP contribution is -1.86. The minimum Gasteiger partial charge on any atom is -0.230 e. The molecule has 0 aliphatic rings. The van der Waals surface area contributed by atoms with E-state index >= 15 is 0 Å². The van der Waals surface area contributed by atoms with Gasteiger partial charge in [-0.3, -0.25) is 0 Å². The molecule has 6 heteroatoms. The molecule has 0 spiro atoms. The Morgan fingerprint density at radius 1 is 1.04 bits per heavy atom. The number of hydrogen-bond donors (Lipinski definition) is 0. The molecule has 0 amide bonds. The van der Waals surface area contributed by atoms with Gasteiger partial charge in [-0.25, -0.2) is 9.97 Å². The first-order valence-electron chi connectivity index (χ1n) is 6.96. The van der Waals surface area contributed by atoms with Crippen LogP contribution in [0.25, 0.3) is 16.6 Å². The zero-order valence-electron chi connectivity index (χ0n) is 12.2. The second-order valence-electron chi connectivity index (χ2n) is 4.45. The average molecular weight is 375 g/mol. The molecule has 3 rings (SSSR count). The number of nitrogens with zero attached hydrogens (tertiary/aromatic N) is 2. The monoisotopic (exact) mass is 374 g/mol. The predicted octanol–water partition coefficient (Wildman–Crippen LogP) is 6.31. The summed E-state index contributed by atoms with van der Waals surface area (Å²) < 4.78 is 0. The number of rotatable bonds is 7. The standard InChI is InChI=1S/C17H14N2S4/c1-2-6-14(7-3-1)8-4-13-21-23-22-17-18-11-10-15(19-17)16-9-5-12-20-16/h1-12H,13H2/b8-4+. The van der Waals surface area contributed by atoms with Crippen molar-refractivity contribution in [3.8, 4) is 10.6 Å². The molecule has 2 heterocycles. The lowest BCUT2D eigenvalue weighted by molar-refractivity contribution is 0.981. The van der Waals surface area contributed by atoms with Gasteiger partial charge in [0.2, 0.25) is 0 Å². The van der Waals surface area contributed by atoms with Gasteiger partial charge in [0.05, 0.1) is 10.6 Å². The smallest absolute Gasteiger partial charge is 0.199 e. The van der Waals surface area contributed by atoms with Crippen molar-refractivity contribution in [3.05, 3.63) is 71.7 Å². The summed E-state index contributed by atoms with van der Waals surface area (Å²) in [5.41, 5.74) is 2.23. The van der Waals surface area contributed by atoms with Crippen molar-refractivity contribution >= 4 is 48.8 Å². The fourth-order valence-corrected chi connectivity index (χ4v) is 5.54. The van der Waals surface area contributed by atoms with Gasteiger partial charge < -0.3 is 0 Å². The highest BCUT2D eigenvalue weighted by Crippen LogP contribution is 2.39. The predicted molar refractivity (Wildman–Crippen MR) is 107 cm³/mol. The first-order valence-corrected chi connectivity index (χ1v) is 11.5. The third kappa shape index (κ3) is 5.42. The zero-order chi connectivity index (χ0) is 15.7. The molecule has 1 aromatic carbocycles. The van der Waals surface area contributed by atoms with Gasteiger partial charge in [-0.2, -0.15) is 0 Å². The highest BCUT2D eigenvalue weighted by molar-refractivity contribution is 9.09. The van der Waals surface area contributed by atoms with Crippen molar-refractivity contribution in [1.82, 2.24) is 9.97 Å². The van der Waals surface area contributed by atoms with E-state index in [4.69, 9.17) is 0 Å². The van der Waals surface area contributed by atoms with E-state index in [0.29, 0.717) is 0 Å². The Morgan fingerprint density at radius 3 is 2.78 bits per heavy atom. The molecule has 0 aliphatic carbocycles. The van der Waals surface area contributed by atoms with E-state index < -0.39 is 0 Å². The van der Waals surface area contributed by atoms with E-state index in [1.165, 1.54) is 10.4 Å². The third-order valence-corrected chi connectivity index (χ3v) is 7.40. The molecule has 0 saturated carbocycles. The SMILES string of the molecule is C(=C\c1ccccc1)/CSSSc1nccc(-c2cccs2)n1. The molecular formula is C17H14N2S4. The molecule has 3 aromatic rings. The molecule has 2 nitrogen and oxygen atoms in total. The van der Waals surface area contributed by atoms with Crippen molar-refractivity contribution in [3.63, 3.8) is 0 Å². The Bertz CT molecular complexity index is 742. The summed E-state index contributed by atoms with van der Waals surface area (Å²) in [5, 5.41) is 2.87. The van der Waals surface area contributed by atoms with Crippen LogP contribution >= 0.6 is 42.8 Å². The summed E-state index contributed by atoms with van der Waals surface area (Å²) in [7, 11) is 5.10. The second kappa shape index (κ2) is 9.17. The van der Waals surface area contributed by atoms with Crippen LogP contribution in [-0.4, -0.2) is 15.7 Å². The number of thiophene rings is 1. The number of benzene rings is 1. The van der Waals surface area contributed by atoms with E-state index in [0.717, 1.165) is 16.6 Å². The van der Waals surface area contributed by atoms with Crippen LogP contribution < -0.4 is 0 Å². The molecule has 0 aliphatic heterocycles. The van der Waals surface area contributed by atoms with Crippen LogP contribution in [-0.2, 0) is 0 Å². The Morgan fingerprint density at radius 2 is 1.96 bits per heavy atom. The summed E-state index contributed by atoms with van der Waals surface area (Å²) >= 11 is 1.70. The Balaban J connectivity index is 1.44. The third-order valence-electron chi connectivity index (χ3n) is 2.84. The van der Waals surface area contributed by atoms with Crippen molar-refractivity contribution in [2.45, 2.75) is 5.16 Å². The van der Waals surface area contributed by atoms with Crippen LogP contribution in [0.2, 0.25) is 0 Å². The van der Waals surface area contributed by atoms with E-state index in [-0.39, 0.29) is 0 Å². The number of aromatic nitrogens is 2. The maximum Gasteiger partial charge on any atom is 0.199 e. The lowest BCUT2D eigenvalue weighted by atomic mass is 10.2. The maximum atomic E-state index is 4.59. The van der Waals surface area contributed by atoms with E-state index in [1.807, 2.05) is 24.4 Å².